The Labute approximate surface area is 193 Å². The van der Waals surface area contributed by atoms with Crippen LogP contribution in [-0.2, 0) is 11.3 Å². The minimum absolute atomic E-state index is 0.0427. The molecule has 2 aliphatic rings. The maximum Gasteiger partial charge on any atom is 0.314 e. The van der Waals surface area contributed by atoms with Crippen LogP contribution in [0.5, 0.6) is 5.75 Å². The number of esters is 1. The predicted molar refractivity (Wildman–Crippen MR) is 129 cm³/mol. The van der Waals surface area contributed by atoms with E-state index in [4.69, 9.17) is 4.74 Å². The smallest absolute Gasteiger partial charge is 0.314 e. The molecule has 172 valence electrons. The number of anilines is 1. The van der Waals surface area contributed by atoms with E-state index in [1.807, 2.05) is 36.4 Å². The average Bonchev–Trinajstić information content (AvgIpc) is 2.85. The fourth-order valence-electron chi connectivity index (χ4n) is 4.87. The zero-order chi connectivity index (χ0) is 22.6. The van der Waals surface area contributed by atoms with Crippen LogP contribution < -0.4 is 15.2 Å². The van der Waals surface area contributed by atoms with Crippen molar-refractivity contribution in [3.8, 4) is 5.75 Å². The van der Waals surface area contributed by atoms with Crippen LogP contribution in [0.4, 0.5) is 5.69 Å². The molecule has 0 spiro atoms. The quantitative estimate of drug-likeness (QED) is 0.475. The molecule has 33 heavy (non-hydrogen) atoms. The minimum Gasteiger partial charge on any atom is -0.426 e. The number of carbonyl (C=O) groups is 1. The minimum atomic E-state index is -0.0893. The molecule has 2 heterocycles. The van der Waals surface area contributed by atoms with Crippen LogP contribution >= 0.6 is 0 Å². The highest BCUT2D eigenvalue weighted by atomic mass is 16.5. The number of hydrogen-bond donors (Lipinski definition) is 1. The van der Waals surface area contributed by atoms with Crippen LogP contribution in [0.15, 0.2) is 53.3 Å². The van der Waals surface area contributed by atoms with Gasteiger partial charge in [-0.2, -0.15) is 0 Å². The fraction of sp³-hybridized carbons (Fsp3) is 0.423. The maximum absolute atomic E-state index is 12.5. The molecule has 0 bridgehead atoms. The van der Waals surface area contributed by atoms with E-state index >= 15 is 0 Å². The van der Waals surface area contributed by atoms with E-state index in [9.17, 15) is 9.59 Å². The Balaban J connectivity index is 1.18. The van der Waals surface area contributed by atoms with E-state index in [1.54, 1.807) is 6.07 Å². The molecular weight excluding hydrogens is 416 g/mol. The van der Waals surface area contributed by atoms with Gasteiger partial charge in [-0.05, 0) is 37.1 Å². The summed E-state index contributed by atoms with van der Waals surface area (Å²) >= 11 is 0. The number of rotatable bonds is 5. The van der Waals surface area contributed by atoms with Gasteiger partial charge in [-0.15, -0.1) is 0 Å². The lowest BCUT2D eigenvalue weighted by Gasteiger charge is -2.36. The first kappa shape index (κ1) is 21.6. The first-order chi connectivity index (χ1) is 16.2. The third-order valence-corrected chi connectivity index (χ3v) is 6.75. The number of carbonyl (C=O) groups excluding carboxylic acids is 1. The van der Waals surface area contributed by atoms with Gasteiger partial charge in [-0.3, -0.25) is 14.5 Å². The van der Waals surface area contributed by atoms with E-state index < -0.39 is 0 Å². The molecule has 1 aliphatic heterocycles. The number of benzene rings is 2. The summed E-state index contributed by atoms with van der Waals surface area (Å²) in [6.45, 7) is 4.06. The molecule has 1 saturated heterocycles. The van der Waals surface area contributed by atoms with Crippen LogP contribution in [0.1, 0.15) is 37.9 Å². The van der Waals surface area contributed by atoms with Crippen molar-refractivity contribution >= 4 is 22.6 Å². The fourth-order valence-corrected chi connectivity index (χ4v) is 4.87. The van der Waals surface area contributed by atoms with Crippen LogP contribution in [0.25, 0.3) is 10.9 Å². The van der Waals surface area contributed by atoms with Crippen molar-refractivity contribution in [2.45, 2.75) is 38.6 Å². The van der Waals surface area contributed by atoms with Crippen LogP contribution in [0, 0.1) is 5.92 Å². The van der Waals surface area contributed by atoms with Crippen molar-refractivity contribution in [3.63, 3.8) is 0 Å². The van der Waals surface area contributed by atoms with Gasteiger partial charge in [0.25, 0.3) is 5.56 Å². The van der Waals surface area contributed by atoms with Crippen molar-refractivity contribution in [1.29, 1.82) is 0 Å². The molecule has 1 N–H and O–H groups in total. The molecule has 0 radical (unpaired) electrons. The van der Waals surface area contributed by atoms with Gasteiger partial charge in [0.2, 0.25) is 0 Å². The Bertz CT molecular complexity index is 1180. The van der Waals surface area contributed by atoms with Crippen molar-refractivity contribution < 1.29 is 9.53 Å². The van der Waals surface area contributed by atoms with Crippen molar-refractivity contribution in [2.24, 2.45) is 5.92 Å². The number of aromatic nitrogens is 2. The molecule has 7 nitrogen and oxygen atoms in total. The van der Waals surface area contributed by atoms with Crippen LogP contribution in [0.2, 0.25) is 0 Å². The van der Waals surface area contributed by atoms with E-state index in [0.29, 0.717) is 23.5 Å². The summed E-state index contributed by atoms with van der Waals surface area (Å²) < 4.78 is 5.71. The Hall–Kier alpha value is -3.19. The van der Waals surface area contributed by atoms with E-state index in [1.165, 1.54) is 6.42 Å². The molecule has 0 unspecified atom stereocenters. The molecule has 7 heteroatoms. The summed E-state index contributed by atoms with van der Waals surface area (Å²) in [4.78, 5) is 37.0. The van der Waals surface area contributed by atoms with Gasteiger partial charge < -0.3 is 14.6 Å². The van der Waals surface area contributed by atoms with Crippen molar-refractivity contribution in [1.82, 2.24) is 14.9 Å². The summed E-state index contributed by atoms with van der Waals surface area (Å²) in [5.74, 6) is 1.28. The second-order valence-electron chi connectivity index (χ2n) is 9.05. The average molecular weight is 447 g/mol. The Morgan fingerprint density at radius 1 is 1.00 bits per heavy atom. The number of H-pyrrole nitrogens is 1. The normalized spacial score (nSPS) is 17.9. The van der Waals surface area contributed by atoms with Gasteiger partial charge in [-0.25, -0.2) is 4.98 Å². The second-order valence-corrected chi connectivity index (χ2v) is 9.05. The Morgan fingerprint density at radius 2 is 1.79 bits per heavy atom. The molecule has 1 saturated carbocycles. The number of nitrogens with zero attached hydrogens (tertiary/aromatic N) is 3. The number of ether oxygens (including phenoxy) is 1. The zero-order valence-electron chi connectivity index (χ0n) is 18.8. The molecule has 2 fully saturated rings. The molecular formula is C26H30N4O3. The standard InChI is InChI=1S/C26H30N4O3/c31-25-22-11-4-5-12-23(22)27-24(28-25)18-29-13-15-30(16-14-29)20-9-6-10-21(17-20)33-26(32)19-7-2-1-3-8-19/h4-6,9-12,17,19H,1-3,7-8,13-16,18H2,(H,27,28,31). The van der Waals surface area contributed by atoms with E-state index in [-0.39, 0.29) is 17.4 Å². The summed E-state index contributed by atoms with van der Waals surface area (Å²) in [5, 5.41) is 0.620. The first-order valence-electron chi connectivity index (χ1n) is 11.9. The highest BCUT2D eigenvalue weighted by Gasteiger charge is 2.24. The number of para-hydroxylation sites is 1. The lowest BCUT2D eigenvalue weighted by atomic mass is 9.89. The molecule has 3 aromatic rings. The van der Waals surface area contributed by atoms with Crippen molar-refractivity contribution in [3.05, 3.63) is 64.7 Å². The lowest BCUT2D eigenvalue weighted by molar-refractivity contribution is -0.139. The monoisotopic (exact) mass is 446 g/mol. The van der Waals surface area contributed by atoms with Crippen molar-refractivity contribution in [2.75, 3.05) is 31.1 Å². The van der Waals surface area contributed by atoms with Gasteiger partial charge >= 0.3 is 5.97 Å². The molecule has 0 amide bonds. The van der Waals surface area contributed by atoms with Crippen LogP contribution in [-0.4, -0.2) is 47.0 Å². The summed E-state index contributed by atoms with van der Waals surface area (Å²) in [5.41, 5.74) is 1.71. The number of piperazine rings is 1. The van der Waals surface area contributed by atoms with Crippen LogP contribution in [0.3, 0.4) is 0 Å². The summed E-state index contributed by atoms with van der Waals surface area (Å²) in [6.07, 6.45) is 5.34. The largest absolute Gasteiger partial charge is 0.426 e. The molecule has 5 rings (SSSR count). The maximum atomic E-state index is 12.5. The second kappa shape index (κ2) is 9.75. The highest BCUT2D eigenvalue weighted by Crippen LogP contribution is 2.27. The topological polar surface area (TPSA) is 78.5 Å². The molecule has 1 aromatic heterocycles. The van der Waals surface area contributed by atoms with E-state index in [2.05, 4.69) is 25.8 Å². The van der Waals surface area contributed by atoms with Gasteiger partial charge in [0, 0.05) is 37.9 Å². The Morgan fingerprint density at radius 3 is 2.61 bits per heavy atom. The molecule has 0 atom stereocenters. The van der Waals surface area contributed by atoms with E-state index in [0.717, 1.165) is 63.1 Å². The molecule has 2 aromatic carbocycles. The Kier molecular flexibility index (Phi) is 6.39. The number of nitrogens with one attached hydrogen (secondary N) is 1. The third kappa shape index (κ3) is 5.09. The zero-order valence-corrected chi connectivity index (χ0v) is 18.8. The third-order valence-electron chi connectivity index (χ3n) is 6.75. The van der Waals surface area contributed by atoms with Gasteiger partial charge in [-0.1, -0.05) is 37.5 Å². The summed E-state index contributed by atoms with van der Waals surface area (Å²) in [7, 11) is 0. The predicted octanol–water partition coefficient (Wildman–Crippen LogP) is 3.73. The van der Waals surface area contributed by atoms with Gasteiger partial charge in [0.1, 0.15) is 11.6 Å². The van der Waals surface area contributed by atoms with Gasteiger partial charge in [0.15, 0.2) is 0 Å². The number of fused-ring (bicyclic) bond motifs is 1. The highest BCUT2D eigenvalue weighted by molar-refractivity contribution is 5.77. The molecule has 1 aliphatic carbocycles. The number of hydrogen-bond acceptors (Lipinski definition) is 6. The summed E-state index contributed by atoms with van der Waals surface area (Å²) in [6, 6.07) is 15.3. The first-order valence-corrected chi connectivity index (χ1v) is 11.9. The lowest BCUT2D eigenvalue weighted by Crippen LogP contribution is -2.46. The van der Waals surface area contributed by atoms with Gasteiger partial charge in [0.05, 0.1) is 23.4 Å². The number of aromatic amines is 1. The SMILES string of the molecule is O=C(Oc1cccc(N2CCN(Cc3nc4ccccc4c(=O)[nH]3)CC2)c1)C1CCCCC1.